The number of carbonyl (C=O) groups is 2. The highest BCUT2D eigenvalue weighted by Crippen LogP contribution is 2.32. The summed E-state index contributed by atoms with van der Waals surface area (Å²) in [5.74, 6) is 1.58. The van der Waals surface area contributed by atoms with E-state index in [1.165, 1.54) is 0 Å². The zero-order valence-corrected chi connectivity index (χ0v) is 19.0. The molecule has 1 aliphatic carbocycles. The topological polar surface area (TPSA) is 75.6 Å². The Morgan fingerprint density at radius 3 is 2.47 bits per heavy atom. The summed E-state index contributed by atoms with van der Waals surface area (Å²) < 4.78 is 5.90. The van der Waals surface area contributed by atoms with Gasteiger partial charge in [0.25, 0.3) is 0 Å². The van der Waals surface area contributed by atoms with Gasteiger partial charge in [0.1, 0.15) is 0 Å². The van der Waals surface area contributed by atoms with Crippen LogP contribution in [0.1, 0.15) is 44.4 Å². The predicted octanol–water partition coefficient (Wildman–Crippen LogP) is 3.12. The number of aryl methyl sites for hydroxylation is 1. The summed E-state index contributed by atoms with van der Waals surface area (Å²) in [5, 5.41) is 0. The molecule has 0 saturated carbocycles. The largest absolute Gasteiger partial charge is 0.478 e. The molecule has 1 atom stereocenters. The van der Waals surface area contributed by atoms with E-state index in [1.807, 2.05) is 47.1 Å². The molecule has 1 aromatic carbocycles. The van der Waals surface area contributed by atoms with Crippen LogP contribution in [0, 0.1) is 5.92 Å². The second kappa shape index (κ2) is 10.1. The van der Waals surface area contributed by atoms with E-state index in [4.69, 9.17) is 14.7 Å². The molecule has 1 aromatic heterocycles. The Morgan fingerprint density at radius 1 is 1.00 bits per heavy atom. The minimum absolute atomic E-state index is 0.0391. The highest BCUT2D eigenvalue weighted by molar-refractivity contribution is 5.79. The molecule has 2 heterocycles. The van der Waals surface area contributed by atoms with Crippen LogP contribution in [-0.4, -0.2) is 64.4 Å². The summed E-state index contributed by atoms with van der Waals surface area (Å²) in [4.78, 5) is 38.4. The molecule has 1 saturated heterocycles. The van der Waals surface area contributed by atoms with Gasteiger partial charge in [-0.05, 0) is 39.0 Å². The quantitative estimate of drug-likeness (QED) is 0.689. The van der Waals surface area contributed by atoms with Crippen LogP contribution in [0.3, 0.4) is 0 Å². The Balaban J connectivity index is 1.51. The lowest BCUT2D eigenvalue weighted by Gasteiger charge is -2.25. The average molecular weight is 437 g/mol. The third-order valence-corrected chi connectivity index (χ3v) is 6.44. The van der Waals surface area contributed by atoms with Crippen molar-refractivity contribution in [1.82, 2.24) is 19.8 Å². The summed E-state index contributed by atoms with van der Waals surface area (Å²) in [5.41, 5.74) is 3.00. The van der Waals surface area contributed by atoms with Crippen molar-refractivity contribution >= 4 is 11.8 Å². The van der Waals surface area contributed by atoms with E-state index in [0.717, 1.165) is 55.5 Å². The predicted molar refractivity (Wildman–Crippen MR) is 122 cm³/mol. The zero-order chi connectivity index (χ0) is 22.5. The van der Waals surface area contributed by atoms with Crippen LogP contribution >= 0.6 is 0 Å². The van der Waals surface area contributed by atoms with Crippen molar-refractivity contribution in [2.75, 3.05) is 32.8 Å². The second-order valence-corrected chi connectivity index (χ2v) is 8.54. The first kappa shape index (κ1) is 22.2. The standard InChI is InChI=1S/C25H32N4O3/c1-3-32-24-21-12-10-20(25(31)29-15-7-14-28(16-17-29)18(2)30)11-13-22(21)26-23(27-24)19-8-5-4-6-9-19/h4-6,8-9,20H,3,7,10-17H2,1-2H3. The van der Waals surface area contributed by atoms with Crippen LogP contribution in [-0.2, 0) is 22.4 Å². The van der Waals surface area contributed by atoms with E-state index in [0.29, 0.717) is 37.9 Å². The van der Waals surface area contributed by atoms with Gasteiger partial charge in [-0.2, -0.15) is 4.98 Å². The number of benzene rings is 1. The zero-order valence-electron chi connectivity index (χ0n) is 19.0. The Morgan fingerprint density at radius 2 is 1.72 bits per heavy atom. The number of ether oxygens (including phenoxy) is 1. The Hall–Kier alpha value is -2.96. The molecule has 2 aliphatic rings. The van der Waals surface area contributed by atoms with E-state index in [2.05, 4.69) is 0 Å². The van der Waals surface area contributed by atoms with Crippen molar-refractivity contribution in [2.24, 2.45) is 5.92 Å². The molecule has 2 aromatic rings. The lowest BCUT2D eigenvalue weighted by atomic mass is 9.98. The maximum absolute atomic E-state index is 13.3. The van der Waals surface area contributed by atoms with Crippen molar-refractivity contribution < 1.29 is 14.3 Å². The van der Waals surface area contributed by atoms with E-state index >= 15 is 0 Å². The molecule has 1 fully saturated rings. The van der Waals surface area contributed by atoms with Gasteiger partial charge in [0.15, 0.2) is 5.82 Å². The molecule has 170 valence electrons. The summed E-state index contributed by atoms with van der Waals surface area (Å²) >= 11 is 0. The fourth-order valence-electron chi connectivity index (χ4n) is 4.67. The summed E-state index contributed by atoms with van der Waals surface area (Å²) in [6.07, 6.45) is 3.85. The molecule has 32 heavy (non-hydrogen) atoms. The van der Waals surface area contributed by atoms with Gasteiger partial charge in [0.2, 0.25) is 17.7 Å². The number of fused-ring (bicyclic) bond motifs is 1. The fraction of sp³-hybridized carbons (Fsp3) is 0.520. The fourth-order valence-corrected chi connectivity index (χ4v) is 4.67. The van der Waals surface area contributed by atoms with E-state index < -0.39 is 0 Å². The number of nitrogens with zero attached hydrogens (tertiary/aromatic N) is 4. The van der Waals surface area contributed by atoms with Gasteiger partial charge in [-0.15, -0.1) is 0 Å². The summed E-state index contributed by atoms with van der Waals surface area (Å²) in [6, 6.07) is 9.95. The molecule has 0 N–H and O–H groups in total. The molecule has 7 heteroatoms. The van der Waals surface area contributed by atoms with Crippen molar-refractivity contribution in [3.8, 4) is 17.3 Å². The smallest absolute Gasteiger partial charge is 0.225 e. The molecule has 1 aliphatic heterocycles. The van der Waals surface area contributed by atoms with Crippen molar-refractivity contribution in [3.63, 3.8) is 0 Å². The van der Waals surface area contributed by atoms with Gasteiger partial charge in [-0.3, -0.25) is 9.59 Å². The lowest BCUT2D eigenvalue weighted by Crippen LogP contribution is -2.39. The number of carbonyl (C=O) groups excluding carboxylic acids is 2. The maximum Gasteiger partial charge on any atom is 0.225 e. The second-order valence-electron chi connectivity index (χ2n) is 8.54. The first-order valence-corrected chi connectivity index (χ1v) is 11.7. The number of hydrogen-bond acceptors (Lipinski definition) is 5. The molecule has 2 amide bonds. The third-order valence-electron chi connectivity index (χ3n) is 6.44. The number of hydrogen-bond donors (Lipinski definition) is 0. The van der Waals surface area contributed by atoms with Crippen LogP contribution in [0.25, 0.3) is 11.4 Å². The van der Waals surface area contributed by atoms with Gasteiger partial charge in [0.05, 0.1) is 12.3 Å². The van der Waals surface area contributed by atoms with Gasteiger partial charge in [-0.25, -0.2) is 4.98 Å². The molecule has 0 radical (unpaired) electrons. The van der Waals surface area contributed by atoms with Crippen molar-refractivity contribution in [1.29, 1.82) is 0 Å². The highest BCUT2D eigenvalue weighted by Gasteiger charge is 2.30. The Bertz CT molecular complexity index is 963. The van der Waals surface area contributed by atoms with Gasteiger partial charge in [0, 0.05) is 50.1 Å². The third kappa shape index (κ3) is 4.92. The van der Waals surface area contributed by atoms with Crippen LogP contribution in [0.4, 0.5) is 0 Å². The van der Waals surface area contributed by atoms with Crippen LogP contribution in [0.5, 0.6) is 5.88 Å². The van der Waals surface area contributed by atoms with Gasteiger partial charge in [-0.1, -0.05) is 30.3 Å². The van der Waals surface area contributed by atoms with Crippen LogP contribution in [0.15, 0.2) is 30.3 Å². The van der Waals surface area contributed by atoms with Gasteiger partial charge < -0.3 is 14.5 Å². The maximum atomic E-state index is 13.3. The molecule has 1 unspecified atom stereocenters. The van der Waals surface area contributed by atoms with E-state index in [-0.39, 0.29) is 17.7 Å². The van der Waals surface area contributed by atoms with E-state index in [1.54, 1.807) is 6.92 Å². The lowest BCUT2D eigenvalue weighted by molar-refractivity contribution is -0.136. The first-order valence-electron chi connectivity index (χ1n) is 11.7. The van der Waals surface area contributed by atoms with Crippen LogP contribution < -0.4 is 4.74 Å². The summed E-state index contributed by atoms with van der Waals surface area (Å²) in [7, 11) is 0. The molecular formula is C25H32N4O3. The monoisotopic (exact) mass is 436 g/mol. The van der Waals surface area contributed by atoms with Gasteiger partial charge >= 0.3 is 0 Å². The Kier molecular flexibility index (Phi) is 7.02. The molecule has 4 rings (SSSR count). The summed E-state index contributed by atoms with van der Waals surface area (Å²) in [6.45, 7) is 6.78. The SMILES string of the molecule is CCOc1nc(-c2ccccc2)nc2c1CCC(C(=O)N1CCCN(C(C)=O)CC1)CC2. The number of amides is 2. The normalized spacial score (nSPS) is 19.0. The molecular weight excluding hydrogens is 404 g/mol. The van der Waals surface area contributed by atoms with Crippen molar-refractivity contribution in [3.05, 3.63) is 41.6 Å². The van der Waals surface area contributed by atoms with Crippen LogP contribution in [0.2, 0.25) is 0 Å². The Labute approximate surface area is 189 Å². The number of rotatable bonds is 4. The van der Waals surface area contributed by atoms with E-state index in [9.17, 15) is 9.59 Å². The highest BCUT2D eigenvalue weighted by atomic mass is 16.5. The minimum atomic E-state index is -0.0391. The van der Waals surface area contributed by atoms with Crippen molar-refractivity contribution in [2.45, 2.75) is 46.0 Å². The minimum Gasteiger partial charge on any atom is -0.478 e. The molecule has 0 bridgehead atoms. The number of aromatic nitrogens is 2. The molecule has 0 spiro atoms. The average Bonchev–Trinajstić information content (AvgIpc) is 3.19. The first-order chi connectivity index (χ1) is 15.6. The molecule has 7 nitrogen and oxygen atoms in total.